The van der Waals surface area contributed by atoms with Gasteiger partial charge in [0.15, 0.2) is 5.69 Å². The molecule has 1 amide bonds. The molecule has 0 radical (unpaired) electrons. The second-order valence-corrected chi connectivity index (χ2v) is 6.96. The van der Waals surface area contributed by atoms with E-state index < -0.39 is 12.2 Å². The van der Waals surface area contributed by atoms with Gasteiger partial charge >= 0.3 is 0 Å². The minimum Gasteiger partial charge on any atom is -0.376 e. The van der Waals surface area contributed by atoms with Crippen molar-refractivity contribution in [2.45, 2.75) is 31.1 Å². The van der Waals surface area contributed by atoms with Crippen molar-refractivity contribution in [2.75, 3.05) is 13.2 Å². The first kappa shape index (κ1) is 15.6. The van der Waals surface area contributed by atoms with Gasteiger partial charge in [0, 0.05) is 28.8 Å². The van der Waals surface area contributed by atoms with E-state index in [1.54, 1.807) is 6.20 Å². The maximum Gasteiger partial charge on any atom is 0.273 e. The molecule has 1 saturated heterocycles. The monoisotopic (exact) mass is 395 g/mol. The molecule has 0 aromatic carbocycles. The van der Waals surface area contributed by atoms with Gasteiger partial charge in [-0.2, -0.15) is 0 Å². The van der Waals surface area contributed by atoms with Gasteiger partial charge in [0.2, 0.25) is 0 Å². The van der Waals surface area contributed by atoms with Gasteiger partial charge in [0.1, 0.15) is 12.2 Å². The number of halogens is 2. The van der Waals surface area contributed by atoms with Crippen molar-refractivity contribution in [1.82, 2.24) is 25.3 Å². The molecule has 2 aromatic rings. The molecule has 1 unspecified atom stereocenters. The van der Waals surface area contributed by atoms with E-state index in [9.17, 15) is 9.18 Å². The smallest absolute Gasteiger partial charge is 0.273 e. The maximum atomic E-state index is 13.7. The van der Waals surface area contributed by atoms with E-state index in [0.29, 0.717) is 6.42 Å². The molecule has 126 valence electrons. The predicted molar refractivity (Wildman–Crippen MR) is 85.4 cm³/mol. The van der Waals surface area contributed by atoms with Crippen LogP contribution in [0.2, 0.25) is 0 Å². The number of nitrogens with zero attached hydrogens (tertiary/aromatic N) is 4. The van der Waals surface area contributed by atoms with E-state index in [2.05, 4.69) is 36.5 Å². The zero-order valence-electron chi connectivity index (χ0n) is 12.7. The third kappa shape index (κ3) is 2.93. The summed E-state index contributed by atoms with van der Waals surface area (Å²) in [5, 5.41) is 10.7. The molecule has 0 spiro atoms. The third-order valence-electron chi connectivity index (χ3n) is 4.33. The Hall–Kier alpha value is -1.87. The molecule has 4 rings (SSSR count). The summed E-state index contributed by atoms with van der Waals surface area (Å²) in [5.41, 5.74) is 2.30. The Morgan fingerprint density at radius 1 is 1.42 bits per heavy atom. The molecule has 24 heavy (non-hydrogen) atoms. The SMILES string of the molecule is O=C(NC1Cc2cc(Br)cnc2C1)c1cn([C@H]2COC[C@H]2F)nn1. The maximum absolute atomic E-state index is 13.7. The first-order chi connectivity index (χ1) is 11.6. The number of ether oxygens (including phenoxy) is 1. The van der Waals surface area contributed by atoms with Crippen molar-refractivity contribution in [3.05, 3.63) is 39.9 Å². The second-order valence-electron chi connectivity index (χ2n) is 6.04. The molecule has 3 atom stereocenters. The number of hydrogen-bond donors (Lipinski definition) is 1. The summed E-state index contributed by atoms with van der Waals surface area (Å²) in [4.78, 5) is 16.7. The fourth-order valence-corrected chi connectivity index (χ4v) is 3.48. The largest absolute Gasteiger partial charge is 0.376 e. The molecular formula is C15H15BrFN5O2. The average molecular weight is 396 g/mol. The van der Waals surface area contributed by atoms with Crippen LogP contribution in [0, 0.1) is 0 Å². The van der Waals surface area contributed by atoms with Gasteiger partial charge in [-0.05, 0) is 34.0 Å². The Morgan fingerprint density at radius 2 is 2.29 bits per heavy atom. The van der Waals surface area contributed by atoms with Crippen LogP contribution in [0.1, 0.15) is 27.8 Å². The van der Waals surface area contributed by atoms with Gasteiger partial charge in [-0.25, -0.2) is 9.07 Å². The molecule has 1 aliphatic heterocycles. The molecule has 1 N–H and O–H groups in total. The third-order valence-corrected chi connectivity index (χ3v) is 4.77. The minimum absolute atomic E-state index is 0.0248. The summed E-state index contributed by atoms with van der Waals surface area (Å²) in [6.45, 7) is 0.291. The Bertz CT molecular complexity index is 783. The highest BCUT2D eigenvalue weighted by atomic mass is 79.9. The van der Waals surface area contributed by atoms with Crippen LogP contribution >= 0.6 is 15.9 Å². The number of rotatable bonds is 3. The highest BCUT2D eigenvalue weighted by molar-refractivity contribution is 9.10. The zero-order chi connectivity index (χ0) is 16.7. The zero-order valence-corrected chi connectivity index (χ0v) is 14.2. The van der Waals surface area contributed by atoms with Crippen LogP contribution in [0.15, 0.2) is 22.9 Å². The summed E-state index contributed by atoms with van der Waals surface area (Å²) in [6, 6.07) is 1.48. The number of pyridine rings is 1. The topological polar surface area (TPSA) is 81.9 Å². The van der Waals surface area contributed by atoms with Crippen LogP contribution < -0.4 is 5.32 Å². The van der Waals surface area contributed by atoms with Gasteiger partial charge in [-0.3, -0.25) is 9.78 Å². The Labute approximate surface area is 145 Å². The number of nitrogens with one attached hydrogen (secondary N) is 1. The van der Waals surface area contributed by atoms with Crippen LogP contribution in [0.3, 0.4) is 0 Å². The normalized spacial score (nSPS) is 25.7. The molecule has 3 heterocycles. The number of aromatic nitrogens is 4. The number of alkyl halides is 1. The number of amides is 1. The minimum atomic E-state index is -1.13. The van der Waals surface area contributed by atoms with Gasteiger partial charge in [-0.15, -0.1) is 5.10 Å². The van der Waals surface area contributed by atoms with E-state index in [4.69, 9.17) is 4.74 Å². The van der Waals surface area contributed by atoms with Gasteiger partial charge in [0.25, 0.3) is 5.91 Å². The molecule has 9 heteroatoms. The van der Waals surface area contributed by atoms with E-state index in [-0.39, 0.29) is 30.9 Å². The quantitative estimate of drug-likeness (QED) is 0.845. The van der Waals surface area contributed by atoms with Gasteiger partial charge in [0.05, 0.1) is 19.4 Å². The van der Waals surface area contributed by atoms with E-state index in [0.717, 1.165) is 22.2 Å². The Kier molecular flexibility index (Phi) is 4.05. The van der Waals surface area contributed by atoms with E-state index in [1.165, 1.54) is 10.9 Å². The van der Waals surface area contributed by atoms with Crippen LogP contribution in [0.4, 0.5) is 4.39 Å². The Morgan fingerprint density at radius 3 is 3.08 bits per heavy atom. The summed E-state index contributed by atoms with van der Waals surface area (Å²) in [5.74, 6) is -0.313. The van der Waals surface area contributed by atoms with Crippen molar-refractivity contribution < 1.29 is 13.9 Å². The Balaban J connectivity index is 1.41. The average Bonchev–Trinajstić information content (AvgIpc) is 3.25. The van der Waals surface area contributed by atoms with E-state index in [1.807, 2.05) is 6.07 Å². The lowest BCUT2D eigenvalue weighted by atomic mass is 10.2. The fraction of sp³-hybridized carbons (Fsp3) is 0.467. The first-order valence-corrected chi connectivity index (χ1v) is 8.47. The lowest BCUT2D eigenvalue weighted by Crippen LogP contribution is -2.35. The summed E-state index contributed by atoms with van der Waals surface area (Å²) < 4.78 is 21.0. The van der Waals surface area contributed by atoms with Crippen LogP contribution in [0.5, 0.6) is 0 Å². The van der Waals surface area contributed by atoms with E-state index >= 15 is 0 Å². The second kappa shape index (κ2) is 6.21. The van der Waals surface area contributed by atoms with Crippen LogP contribution in [0.25, 0.3) is 0 Å². The molecule has 1 aliphatic carbocycles. The highest BCUT2D eigenvalue weighted by Crippen LogP contribution is 2.24. The number of hydrogen-bond acceptors (Lipinski definition) is 5. The van der Waals surface area contributed by atoms with Crippen LogP contribution in [-0.4, -0.2) is 51.3 Å². The standard InChI is InChI=1S/C15H15BrFN5O2/c16-9-1-8-2-10(3-12(8)18-4-9)19-15(23)13-5-22(21-20-13)14-7-24-6-11(14)17/h1,4-5,10-11,14H,2-3,6-7H2,(H,19,23)/t10?,11-,14+/m1/s1. The molecule has 2 aliphatic rings. The summed E-state index contributed by atoms with van der Waals surface area (Å²) in [6.07, 6.45) is 3.51. The van der Waals surface area contributed by atoms with Gasteiger partial charge in [-0.1, -0.05) is 5.21 Å². The van der Waals surface area contributed by atoms with Crippen molar-refractivity contribution in [3.8, 4) is 0 Å². The molecule has 1 fully saturated rings. The predicted octanol–water partition coefficient (Wildman–Crippen LogP) is 1.24. The first-order valence-electron chi connectivity index (χ1n) is 7.68. The van der Waals surface area contributed by atoms with Gasteiger partial charge < -0.3 is 10.1 Å². The summed E-state index contributed by atoms with van der Waals surface area (Å²) in [7, 11) is 0. The van der Waals surface area contributed by atoms with Crippen molar-refractivity contribution in [1.29, 1.82) is 0 Å². The molecular weight excluding hydrogens is 381 g/mol. The fourth-order valence-electron chi connectivity index (χ4n) is 3.10. The lowest BCUT2D eigenvalue weighted by Gasteiger charge is -2.10. The summed E-state index contributed by atoms with van der Waals surface area (Å²) >= 11 is 3.40. The molecule has 7 nitrogen and oxygen atoms in total. The number of carbonyl (C=O) groups is 1. The molecule has 0 bridgehead atoms. The van der Waals surface area contributed by atoms with Crippen molar-refractivity contribution >= 4 is 21.8 Å². The van der Waals surface area contributed by atoms with Crippen molar-refractivity contribution in [3.63, 3.8) is 0 Å². The highest BCUT2D eigenvalue weighted by Gasteiger charge is 2.31. The lowest BCUT2D eigenvalue weighted by molar-refractivity contribution is 0.0933. The number of fused-ring (bicyclic) bond motifs is 1. The van der Waals surface area contributed by atoms with Crippen LogP contribution in [-0.2, 0) is 17.6 Å². The van der Waals surface area contributed by atoms with Crippen molar-refractivity contribution in [2.24, 2.45) is 0 Å². The molecule has 2 aromatic heterocycles. The molecule has 0 saturated carbocycles. The number of carbonyl (C=O) groups excluding carboxylic acids is 1.